The second-order valence-corrected chi connectivity index (χ2v) is 7.55. The van der Waals surface area contributed by atoms with Gasteiger partial charge >= 0.3 is 0 Å². The van der Waals surface area contributed by atoms with Crippen molar-refractivity contribution in [1.82, 2.24) is 10.2 Å². The average molecular weight is 396 g/mol. The fraction of sp³-hybridized carbons (Fsp3) is 0.391. The number of hydrogen-bond donors (Lipinski definition) is 1. The van der Waals surface area contributed by atoms with Crippen molar-refractivity contribution in [2.45, 2.75) is 32.9 Å². The van der Waals surface area contributed by atoms with E-state index in [0.29, 0.717) is 30.2 Å². The number of ether oxygens (including phenoxy) is 2. The third-order valence-electron chi connectivity index (χ3n) is 5.29. The highest BCUT2D eigenvalue weighted by molar-refractivity contribution is 5.97. The molecule has 2 aromatic carbocycles. The van der Waals surface area contributed by atoms with E-state index in [1.807, 2.05) is 49.1 Å². The van der Waals surface area contributed by atoms with Gasteiger partial charge in [-0.1, -0.05) is 32.0 Å². The van der Waals surface area contributed by atoms with Crippen LogP contribution in [-0.4, -0.2) is 43.5 Å². The number of amides is 2. The topological polar surface area (TPSA) is 67.9 Å². The van der Waals surface area contributed by atoms with Crippen molar-refractivity contribution in [2.24, 2.45) is 5.92 Å². The molecule has 0 saturated carbocycles. The SMILES string of the molecule is COc1cc2c(cc1OC)CN(C(=O)[C@H](NC(=O)c1ccccc1)C(C)C)CC2. The van der Waals surface area contributed by atoms with E-state index in [9.17, 15) is 9.59 Å². The van der Waals surface area contributed by atoms with Gasteiger partial charge in [0.15, 0.2) is 11.5 Å². The number of methoxy groups -OCH3 is 2. The van der Waals surface area contributed by atoms with Crippen LogP contribution in [0.1, 0.15) is 35.3 Å². The molecule has 1 heterocycles. The summed E-state index contributed by atoms with van der Waals surface area (Å²) in [6, 6.07) is 12.3. The highest BCUT2D eigenvalue weighted by Gasteiger charge is 2.31. The van der Waals surface area contributed by atoms with E-state index in [2.05, 4.69) is 5.32 Å². The summed E-state index contributed by atoms with van der Waals surface area (Å²) in [4.78, 5) is 27.6. The summed E-state index contributed by atoms with van der Waals surface area (Å²) >= 11 is 0. The molecule has 29 heavy (non-hydrogen) atoms. The Balaban J connectivity index is 1.77. The van der Waals surface area contributed by atoms with Crippen molar-refractivity contribution in [2.75, 3.05) is 20.8 Å². The number of hydrogen-bond acceptors (Lipinski definition) is 4. The summed E-state index contributed by atoms with van der Waals surface area (Å²) in [6.07, 6.45) is 0.735. The fourth-order valence-electron chi connectivity index (χ4n) is 3.60. The van der Waals surface area contributed by atoms with Crippen LogP contribution in [0.3, 0.4) is 0 Å². The third kappa shape index (κ3) is 4.53. The van der Waals surface area contributed by atoms with Crippen molar-refractivity contribution in [3.63, 3.8) is 0 Å². The Morgan fingerprint density at radius 3 is 2.21 bits per heavy atom. The molecule has 154 valence electrons. The van der Waals surface area contributed by atoms with Crippen LogP contribution in [0.15, 0.2) is 42.5 Å². The van der Waals surface area contributed by atoms with Crippen molar-refractivity contribution < 1.29 is 19.1 Å². The van der Waals surface area contributed by atoms with E-state index >= 15 is 0 Å². The zero-order chi connectivity index (χ0) is 21.0. The van der Waals surface area contributed by atoms with Crippen LogP contribution in [0.5, 0.6) is 11.5 Å². The number of fused-ring (bicyclic) bond motifs is 1. The lowest BCUT2D eigenvalue weighted by molar-refractivity contribution is -0.135. The maximum Gasteiger partial charge on any atom is 0.251 e. The maximum atomic E-state index is 13.2. The normalized spacial score (nSPS) is 14.2. The summed E-state index contributed by atoms with van der Waals surface area (Å²) < 4.78 is 10.8. The van der Waals surface area contributed by atoms with Crippen LogP contribution in [0, 0.1) is 5.92 Å². The number of carbonyl (C=O) groups excluding carboxylic acids is 2. The third-order valence-corrected chi connectivity index (χ3v) is 5.29. The van der Waals surface area contributed by atoms with Gasteiger partial charge in [0.2, 0.25) is 5.91 Å². The molecule has 0 aliphatic carbocycles. The quantitative estimate of drug-likeness (QED) is 0.815. The van der Waals surface area contributed by atoms with Crippen molar-refractivity contribution >= 4 is 11.8 Å². The van der Waals surface area contributed by atoms with Gasteiger partial charge in [-0.15, -0.1) is 0 Å². The minimum Gasteiger partial charge on any atom is -0.493 e. The molecule has 0 bridgehead atoms. The Labute approximate surface area is 171 Å². The molecule has 6 nitrogen and oxygen atoms in total. The van der Waals surface area contributed by atoms with Crippen LogP contribution in [-0.2, 0) is 17.8 Å². The Kier molecular flexibility index (Phi) is 6.42. The second-order valence-electron chi connectivity index (χ2n) is 7.55. The van der Waals surface area contributed by atoms with Crippen molar-refractivity contribution in [3.05, 3.63) is 59.2 Å². The first-order chi connectivity index (χ1) is 13.9. The van der Waals surface area contributed by atoms with Gasteiger partial charge in [0.25, 0.3) is 5.91 Å². The summed E-state index contributed by atoms with van der Waals surface area (Å²) in [7, 11) is 3.22. The van der Waals surface area contributed by atoms with E-state index in [4.69, 9.17) is 9.47 Å². The second kappa shape index (κ2) is 8.99. The molecule has 1 aliphatic rings. The molecule has 1 atom stereocenters. The number of benzene rings is 2. The molecule has 1 N–H and O–H groups in total. The van der Waals surface area contributed by atoms with Gasteiger partial charge in [-0.3, -0.25) is 9.59 Å². The molecule has 2 amide bonds. The minimum atomic E-state index is -0.579. The summed E-state index contributed by atoms with van der Waals surface area (Å²) in [5.41, 5.74) is 2.74. The first kappa shape index (κ1) is 20.7. The molecule has 6 heteroatoms. The predicted octanol–water partition coefficient (Wildman–Crippen LogP) is 3.04. The Bertz CT molecular complexity index is 880. The molecule has 0 saturated heterocycles. The zero-order valence-electron chi connectivity index (χ0n) is 17.4. The molecule has 0 radical (unpaired) electrons. The highest BCUT2D eigenvalue weighted by Crippen LogP contribution is 2.33. The lowest BCUT2D eigenvalue weighted by atomic mass is 9.96. The summed E-state index contributed by atoms with van der Waals surface area (Å²) in [5.74, 6) is 1.02. The van der Waals surface area contributed by atoms with Gasteiger partial charge in [-0.05, 0) is 47.7 Å². The minimum absolute atomic E-state index is 0.0260. The van der Waals surface area contributed by atoms with Crippen LogP contribution in [0.2, 0.25) is 0 Å². The first-order valence-electron chi connectivity index (χ1n) is 9.83. The van der Waals surface area contributed by atoms with E-state index in [0.717, 1.165) is 17.5 Å². The van der Waals surface area contributed by atoms with E-state index in [-0.39, 0.29) is 17.7 Å². The molecule has 1 aliphatic heterocycles. The average Bonchev–Trinajstić information content (AvgIpc) is 2.75. The van der Waals surface area contributed by atoms with Crippen LogP contribution in [0.25, 0.3) is 0 Å². The van der Waals surface area contributed by atoms with Gasteiger partial charge in [0.1, 0.15) is 6.04 Å². The van der Waals surface area contributed by atoms with Gasteiger partial charge < -0.3 is 19.7 Å². The lowest BCUT2D eigenvalue weighted by Gasteiger charge is -2.33. The molecule has 0 spiro atoms. The van der Waals surface area contributed by atoms with E-state index < -0.39 is 6.04 Å². The van der Waals surface area contributed by atoms with Gasteiger partial charge in [-0.25, -0.2) is 0 Å². The maximum absolute atomic E-state index is 13.2. The van der Waals surface area contributed by atoms with Gasteiger partial charge in [0, 0.05) is 18.7 Å². The van der Waals surface area contributed by atoms with Crippen LogP contribution < -0.4 is 14.8 Å². The van der Waals surface area contributed by atoms with E-state index in [1.54, 1.807) is 26.4 Å². The lowest BCUT2D eigenvalue weighted by Crippen LogP contribution is -2.52. The zero-order valence-corrected chi connectivity index (χ0v) is 17.4. The molecular weight excluding hydrogens is 368 g/mol. The number of rotatable bonds is 6. The first-order valence-corrected chi connectivity index (χ1v) is 9.83. The molecule has 0 unspecified atom stereocenters. The molecule has 3 rings (SSSR count). The van der Waals surface area contributed by atoms with Gasteiger partial charge in [-0.2, -0.15) is 0 Å². The largest absolute Gasteiger partial charge is 0.493 e. The molecule has 2 aromatic rings. The Morgan fingerprint density at radius 1 is 1.00 bits per heavy atom. The fourth-order valence-corrected chi connectivity index (χ4v) is 3.60. The van der Waals surface area contributed by atoms with Gasteiger partial charge in [0.05, 0.1) is 14.2 Å². The number of nitrogens with one attached hydrogen (secondary N) is 1. The standard InChI is InChI=1S/C23H28N2O4/c1-15(2)21(24-22(26)16-8-6-5-7-9-16)23(27)25-11-10-17-12-19(28-3)20(29-4)13-18(17)14-25/h5-9,12-13,15,21H,10-11,14H2,1-4H3,(H,24,26)/t21-/m1/s1. The highest BCUT2D eigenvalue weighted by atomic mass is 16.5. The number of carbonyl (C=O) groups is 2. The summed E-state index contributed by atoms with van der Waals surface area (Å²) in [6.45, 7) is 4.98. The molecule has 0 aromatic heterocycles. The van der Waals surface area contributed by atoms with Crippen LogP contribution >= 0.6 is 0 Å². The Hall–Kier alpha value is -3.02. The number of nitrogens with zero attached hydrogens (tertiary/aromatic N) is 1. The molecule has 0 fully saturated rings. The predicted molar refractivity (Wildman–Crippen MR) is 111 cm³/mol. The Morgan fingerprint density at radius 2 is 1.62 bits per heavy atom. The van der Waals surface area contributed by atoms with Crippen molar-refractivity contribution in [3.8, 4) is 11.5 Å². The van der Waals surface area contributed by atoms with Crippen molar-refractivity contribution in [1.29, 1.82) is 0 Å². The van der Waals surface area contributed by atoms with Crippen LogP contribution in [0.4, 0.5) is 0 Å². The summed E-state index contributed by atoms with van der Waals surface area (Å²) in [5, 5.41) is 2.92. The smallest absolute Gasteiger partial charge is 0.251 e. The molecular formula is C23H28N2O4. The monoisotopic (exact) mass is 396 g/mol. The van der Waals surface area contributed by atoms with E-state index in [1.165, 1.54) is 0 Å².